The minimum Gasteiger partial charge on any atom is -0.497 e. The predicted octanol–water partition coefficient (Wildman–Crippen LogP) is 4.33. The highest BCUT2D eigenvalue weighted by Crippen LogP contribution is 2.42. The zero-order chi connectivity index (χ0) is 18.0. The zero-order valence-electron chi connectivity index (χ0n) is 14.5. The Balaban J connectivity index is 2.19. The monoisotopic (exact) mass is 336 g/mol. The molecule has 0 bridgehead atoms. The average molecular weight is 336 g/mol. The first-order valence-electron chi connectivity index (χ1n) is 8.11. The molecule has 3 rings (SSSR count). The van der Waals surface area contributed by atoms with Crippen LogP contribution in [0.25, 0.3) is 5.57 Å². The first-order chi connectivity index (χ1) is 12.0. The van der Waals surface area contributed by atoms with Crippen LogP contribution in [0.15, 0.2) is 65.3 Å². The van der Waals surface area contributed by atoms with E-state index in [-0.39, 0.29) is 10.8 Å². The minimum atomic E-state index is -0.882. The molecule has 1 aliphatic heterocycles. The second-order valence-corrected chi connectivity index (χ2v) is 6.10. The lowest BCUT2D eigenvalue weighted by Crippen LogP contribution is -2.37. The van der Waals surface area contributed by atoms with E-state index in [1.54, 1.807) is 14.0 Å². The fourth-order valence-electron chi connectivity index (χ4n) is 3.46. The van der Waals surface area contributed by atoms with Crippen molar-refractivity contribution in [3.63, 3.8) is 0 Å². The Kier molecular flexibility index (Phi) is 4.65. The SMILES string of the molecule is COc1ccc(C2C(c3ccccc3)=C(C)N=C(C)C2[N+](=O)[O-])cc1. The van der Waals surface area contributed by atoms with Crippen LogP contribution in [0.5, 0.6) is 5.75 Å². The van der Waals surface area contributed by atoms with Gasteiger partial charge in [0.05, 0.1) is 18.7 Å². The van der Waals surface area contributed by atoms with Crippen molar-refractivity contribution < 1.29 is 9.66 Å². The number of nitro groups is 1. The molecule has 0 aliphatic carbocycles. The van der Waals surface area contributed by atoms with E-state index in [9.17, 15) is 10.1 Å². The fourth-order valence-corrected chi connectivity index (χ4v) is 3.46. The number of methoxy groups -OCH3 is 1. The molecule has 2 unspecified atom stereocenters. The number of ether oxygens (including phenoxy) is 1. The Hall–Kier alpha value is -2.95. The summed E-state index contributed by atoms with van der Waals surface area (Å²) in [5.41, 5.74) is 4.10. The van der Waals surface area contributed by atoms with Crippen LogP contribution < -0.4 is 4.74 Å². The van der Waals surface area contributed by atoms with Crippen LogP contribution in [0.3, 0.4) is 0 Å². The van der Waals surface area contributed by atoms with Crippen LogP contribution in [-0.2, 0) is 0 Å². The molecule has 2 aromatic carbocycles. The number of rotatable bonds is 4. The fraction of sp³-hybridized carbons (Fsp3) is 0.250. The summed E-state index contributed by atoms with van der Waals surface area (Å²) in [5.74, 6) is 0.338. The molecule has 2 atom stereocenters. The highest BCUT2D eigenvalue weighted by Gasteiger charge is 2.41. The van der Waals surface area contributed by atoms with Gasteiger partial charge in [0.1, 0.15) is 5.75 Å². The molecule has 25 heavy (non-hydrogen) atoms. The molecule has 5 heteroatoms. The van der Waals surface area contributed by atoms with Crippen LogP contribution in [0.4, 0.5) is 0 Å². The molecule has 0 radical (unpaired) electrons. The lowest BCUT2D eigenvalue weighted by Gasteiger charge is -2.29. The Morgan fingerprint density at radius 1 is 1.04 bits per heavy atom. The first-order valence-corrected chi connectivity index (χ1v) is 8.11. The minimum absolute atomic E-state index is 0.233. The lowest BCUT2D eigenvalue weighted by atomic mass is 9.77. The van der Waals surface area contributed by atoms with E-state index >= 15 is 0 Å². The Labute approximate surface area is 146 Å². The van der Waals surface area contributed by atoms with Crippen molar-refractivity contribution in [2.45, 2.75) is 25.8 Å². The molecular weight excluding hydrogens is 316 g/mol. The molecule has 0 amide bonds. The summed E-state index contributed by atoms with van der Waals surface area (Å²) < 4.78 is 5.21. The molecule has 0 spiro atoms. The third-order valence-electron chi connectivity index (χ3n) is 4.58. The highest BCUT2D eigenvalue weighted by atomic mass is 16.6. The Bertz CT molecular complexity index is 839. The van der Waals surface area contributed by atoms with Crippen molar-refractivity contribution in [2.75, 3.05) is 7.11 Å². The van der Waals surface area contributed by atoms with E-state index in [4.69, 9.17) is 4.74 Å². The third-order valence-corrected chi connectivity index (χ3v) is 4.58. The van der Waals surface area contributed by atoms with Crippen molar-refractivity contribution in [1.29, 1.82) is 0 Å². The van der Waals surface area contributed by atoms with Gasteiger partial charge >= 0.3 is 0 Å². The van der Waals surface area contributed by atoms with Gasteiger partial charge in [0.25, 0.3) is 6.04 Å². The first kappa shape index (κ1) is 16.9. The summed E-state index contributed by atoms with van der Waals surface area (Å²) in [6.45, 7) is 3.65. The second-order valence-electron chi connectivity index (χ2n) is 6.10. The van der Waals surface area contributed by atoms with Crippen molar-refractivity contribution in [3.8, 4) is 5.75 Å². The van der Waals surface area contributed by atoms with Gasteiger partial charge in [-0.3, -0.25) is 15.1 Å². The van der Waals surface area contributed by atoms with Crippen LogP contribution >= 0.6 is 0 Å². The van der Waals surface area contributed by atoms with Crippen molar-refractivity contribution in [3.05, 3.63) is 81.5 Å². The third kappa shape index (κ3) is 3.18. The van der Waals surface area contributed by atoms with Crippen molar-refractivity contribution in [1.82, 2.24) is 0 Å². The van der Waals surface area contributed by atoms with Crippen LogP contribution in [0, 0.1) is 10.1 Å². The summed E-state index contributed by atoms with van der Waals surface area (Å²) in [7, 11) is 1.60. The maximum Gasteiger partial charge on any atom is 0.261 e. The number of nitrogens with zero attached hydrogens (tertiary/aromatic N) is 2. The topological polar surface area (TPSA) is 64.7 Å². The molecule has 1 heterocycles. The average Bonchev–Trinajstić information content (AvgIpc) is 2.61. The van der Waals surface area contributed by atoms with Gasteiger partial charge in [-0.25, -0.2) is 0 Å². The summed E-state index contributed by atoms with van der Waals surface area (Å²) in [6, 6.07) is 16.3. The molecule has 0 N–H and O–H groups in total. The molecule has 128 valence electrons. The van der Waals surface area contributed by atoms with Gasteiger partial charge in [-0.05, 0) is 42.7 Å². The van der Waals surface area contributed by atoms with E-state index < -0.39 is 6.04 Å². The molecule has 0 saturated carbocycles. The van der Waals surface area contributed by atoms with E-state index in [1.165, 1.54) is 0 Å². The quantitative estimate of drug-likeness (QED) is 0.616. The van der Waals surface area contributed by atoms with Gasteiger partial charge in [0, 0.05) is 10.6 Å². The molecule has 0 saturated heterocycles. The van der Waals surface area contributed by atoms with Crippen LogP contribution in [0.2, 0.25) is 0 Å². The molecule has 1 aliphatic rings. The highest BCUT2D eigenvalue weighted by molar-refractivity contribution is 5.95. The zero-order valence-corrected chi connectivity index (χ0v) is 14.5. The predicted molar refractivity (Wildman–Crippen MR) is 98.7 cm³/mol. The number of allylic oxidation sites excluding steroid dienone is 1. The second kappa shape index (κ2) is 6.89. The number of benzene rings is 2. The molecule has 0 aromatic heterocycles. The number of hydrogen-bond acceptors (Lipinski definition) is 4. The standard InChI is InChI=1S/C20H20N2O3/c1-13-18(15-7-5-4-6-8-15)19(20(22(23)24)14(2)21-13)16-9-11-17(25-3)12-10-16/h4-12,19-20H,1-3H3. The van der Waals surface area contributed by atoms with Crippen LogP contribution in [-0.4, -0.2) is 23.8 Å². The van der Waals surface area contributed by atoms with E-state index in [0.717, 1.165) is 28.1 Å². The van der Waals surface area contributed by atoms with Gasteiger partial charge in [-0.15, -0.1) is 0 Å². The number of aliphatic imine (C=N–C) groups is 1. The largest absolute Gasteiger partial charge is 0.497 e. The molecular formula is C20H20N2O3. The van der Waals surface area contributed by atoms with E-state index in [2.05, 4.69) is 4.99 Å². The van der Waals surface area contributed by atoms with E-state index in [1.807, 2.05) is 61.5 Å². The van der Waals surface area contributed by atoms with Gasteiger partial charge in [0.2, 0.25) is 0 Å². The van der Waals surface area contributed by atoms with Gasteiger partial charge < -0.3 is 4.74 Å². The summed E-state index contributed by atoms with van der Waals surface area (Å²) in [5, 5.41) is 11.8. The summed E-state index contributed by atoms with van der Waals surface area (Å²) >= 11 is 0. The summed E-state index contributed by atoms with van der Waals surface area (Å²) in [6.07, 6.45) is 0. The smallest absolute Gasteiger partial charge is 0.261 e. The van der Waals surface area contributed by atoms with Gasteiger partial charge in [0.15, 0.2) is 0 Å². The lowest BCUT2D eigenvalue weighted by molar-refractivity contribution is -0.504. The normalized spacial score (nSPS) is 20.2. The Morgan fingerprint density at radius 3 is 2.24 bits per heavy atom. The molecule has 0 fully saturated rings. The number of hydrogen-bond donors (Lipinski definition) is 0. The summed E-state index contributed by atoms with van der Waals surface area (Å²) in [4.78, 5) is 16.1. The van der Waals surface area contributed by atoms with Crippen molar-refractivity contribution >= 4 is 11.3 Å². The van der Waals surface area contributed by atoms with Crippen molar-refractivity contribution in [2.24, 2.45) is 4.99 Å². The maximum absolute atomic E-state index is 11.8. The maximum atomic E-state index is 11.8. The van der Waals surface area contributed by atoms with Gasteiger partial charge in [-0.1, -0.05) is 42.5 Å². The van der Waals surface area contributed by atoms with Crippen LogP contribution in [0.1, 0.15) is 30.9 Å². The van der Waals surface area contributed by atoms with E-state index in [0.29, 0.717) is 5.71 Å². The van der Waals surface area contributed by atoms with Gasteiger partial charge in [-0.2, -0.15) is 0 Å². The molecule has 5 nitrogen and oxygen atoms in total. The Morgan fingerprint density at radius 2 is 1.68 bits per heavy atom. The molecule has 2 aromatic rings.